The predicted octanol–water partition coefficient (Wildman–Crippen LogP) is 4.56. The topological polar surface area (TPSA) is 78.4 Å². The van der Waals surface area contributed by atoms with Crippen molar-refractivity contribution in [1.29, 1.82) is 0 Å². The molecule has 0 aliphatic carbocycles. The van der Waals surface area contributed by atoms with E-state index in [-0.39, 0.29) is 35.8 Å². The molecule has 1 unspecified atom stereocenters. The number of aryl methyl sites for hydroxylation is 1. The SMILES string of the molecule is CCNC(=NCc1cccc(NC(=O)C(C)CC)c1)NCc1ncc(CC)s1.I. The minimum Gasteiger partial charge on any atom is -0.357 e. The largest absolute Gasteiger partial charge is 0.357 e. The van der Waals surface area contributed by atoms with Crippen molar-refractivity contribution in [3.05, 3.63) is 45.9 Å². The first kappa shape index (κ1) is 25.4. The molecular weight excluding hydrogens is 497 g/mol. The summed E-state index contributed by atoms with van der Waals surface area (Å²) in [6, 6.07) is 7.84. The van der Waals surface area contributed by atoms with Crippen molar-refractivity contribution in [2.24, 2.45) is 10.9 Å². The Bertz CT molecular complexity index is 793. The summed E-state index contributed by atoms with van der Waals surface area (Å²) >= 11 is 1.72. The van der Waals surface area contributed by atoms with Crippen LogP contribution in [0.3, 0.4) is 0 Å². The van der Waals surface area contributed by atoms with E-state index in [1.165, 1.54) is 4.88 Å². The van der Waals surface area contributed by atoms with Crippen LogP contribution in [-0.2, 0) is 24.3 Å². The van der Waals surface area contributed by atoms with Gasteiger partial charge in [-0.1, -0.05) is 32.9 Å². The van der Waals surface area contributed by atoms with Crippen LogP contribution in [0.1, 0.15) is 49.6 Å². The van der Waals surface area contributed by atoms with E-state index in [0.29, 0.717) is 13.1 Å². The average Bonchev–Trinajstić information content (AvgIpc) is 3.17. The second-order valence-corrected chi connectivity index (χ2v) is 7.82. The number of rotatable bonds is 9. The lowest BCUT2D eigenvalue weighted by molar-refractivity contribution is -0.119. The number of nitrogens with one attached hydrogen (secondary N) is 3. The van der Waals surface area contributed by atoms with Crippen LogP contribution in [-0.4, -0.2) is 23.4 Å². The minimum atomic E-state index is 0. The highest BCUT2D eigenvalue weighted by Crippen LogP contribution is 2.14. The number of aliphatic imine (C=N–C) groups is 1. The number of aromatic nitrogens is 1. The van der Waals surface area contributed by atoms with Crippen molar-refractivity contribution in [3.63, 3.8) is 0 Å². The van der Waals surface area contributed by atoms with E-state index < -0.39 is 0 Å². The fraction of sp³-hybridized carbons (Fsp3) is 0.476. The summed E-state index contributed by atoms with van der Waals surface area (Å²) in [5.41, 5.74) is 1.85. The van der Waals surface area contributed by atoms with E-state index in [1.807, 2.05) is 51.2 Å². The molecule has 6 nitrogen and oxygen atoms in total. The van der Waals surface area contributed by atoms with Gasteiger partial charge in [-0.05, 0) is 37.5 Å². The highest BCUT2D eigenvalue weighted by Gasteiger charge is 2.10. The van der Waals surface area contributed by atoms with Crippen molar-refractivity contribution < 1.29 is 4.79 Å². The highest BCUT2D eigenvalue weighted by atomic mass is 127. The zero-order chi connectivity index (χ0) is 20.4. The third-order valence-corrected chi connectivity index (χ3v) is 5.52. The molecule has 3 N–H and O–H groups in total. The van der Waals surface area contributed by atoms with Crippen molar-refractivity contribution in [2.75, 3.05) is 11.9 Å². The van der Waals surface area contributed by atoms with Crippen LogP contribution in [0.15, 0.2) is 35.5 Å². The molecule has 0 aliphatic heterocycles. The highest BCUT2D eigenvalue weighted by molar-refractivity contribution is 14.0. The molecule has 2 aromatic rings. The fourth-order valence-electron chi connectivity index (χ4n) is 2.46. The second-order valence-electron chi connectivity index (χ2n) is 6.62. The number of benzene rings is 1. The van der Waals surface area contributed by atoms with E-state index in [0.717, 1.165) is 41.6 Å². The third kappa shape index (κ3) is 8.69. The number of hydrogen-bond donors (Lipinski definition) is 3. The van der Waals surface area contributed by atoms with Gasteiger partial charge in [0.15, 0.2) is 5.96 Å². The molecule has 0 aliphatic rings. The first-order chi connectivity index (χ1) is 13.5. The van der Waals surface area contributed by atoms with Gasteiger partial charge in [0.1, 0.15) is 5.01 Å². The van der Waals surface area contributed by atoms with E-state index >= 15 is 0 Å². The fourth-order valence-corrected chi connectivity index (χ4v) is 3.27. The monoisotopic (exact) mass is 529 g/mol. The number of nitrogens with zero attached hydrogens (tertiary/aromatic N) is 2. The summed E-state index contributed by atoms with van der Waals surface area (Å²) in [6.07, 6.45) is 3.77. The van der Waals surface area contributed by atoms with E-state index in [9.17, 15) is 4.79 Å². The summed E-state index contributed by atoms with van der Waals surface area (Å²) in [5, 5.41) is 10.6. The molecule has 1 aromatic carbocycles. The molecular formula is C21H32IN5OS. The molecule has 160 valence electrons. The molecule has 1 atom stereocenters. The Labute approximate surface area is 195 Å². The first-order valence-electron chi connectivity index (χ1n) is 9.91. The van der Waals surface area contributed by atoms with Gasteiger partial charge in [0.25, 0.3) is 0 Å². The molecule has 0 radical (unpaired) electrons. The Hall–Kier alpha value is -1.68. The summed E-state index contributed by atoms with van der Waals surface area (Å²) in [5.74, 6) is 0.808. The van der Waals surface area contributed by atoms with Crippen LogP contribution in [0.5, 0.6) is 0 Å². The van der Waals surface area contributed by atoms with Crippen LogP contribution >= 0.6 is 35.3 Å². The molecule has 0 saturated heterocycles. The Kier molecular flexibility index (Phi) is 11.8. The van der Waals surface area contributed by atoms with Crippen molar-refractivity contribution in [3.8, 4) is 0 Å². The van der Waals surface area contributed by atoms with Gasteiger partial charge in [-0.2, -0.15) is 0 Å². The third-order valence-electron chi connectivity index (χ3n) is 4.38. The van der Waals surface area contributed by atoms with Crippen LogP contribution in [0.25, 0.3) is 0 Å². The Morgan fingerprint density at radius 1 is 1.24 bits per heavy atom. The molecule has 1 amide bonds. The normalized spacial score (nSPS) is 12.1. The second kappa shape index (κ2) is 13.5. The summed E-state index contributed by atoms with van der Waals surface area (Å²) < 4.78 is 0. The maximum absolute atomic E-state index is 12.1. The maximum Gasteiger partial charge on any atom is 0.227 e. The molecule has 8 heteroatoms. The van der Waals surface area contributed by atoms with Gasteiger partial charge in [-0.15, -0.1) is 35.3 Å². The van der Waals surface area contributed by atoms with Crippen LogP contribution in [0.4, 0.5) is 5.69 Å². The average molecular weight is 529 g/mol. The van der Waals surface area contributed by atoms with Crippen molar-refractivity contribution in [2.45, 2.75) is 53.6 Å². The van der Waals surface area contributed by atoms with Gasteiger partial charge in [-0.25, -0.2) is 9.98 Å². The van der Waals surface area contributed by atoms with Crippen LogP contribution < -0.4 is 16.0 Å². The molecule has 29 heavy (non-hydrogen) atoms. The number of amides is 1. The van der Waals surface area contributed by atoms with Gasteiger partial charge in [0.05, 0.1) is 13.1 Å². The lowest BCUT2D eigenvalue weighted by atomic mass is 10.1. The number of anilines is 1. The van der Waals surface area contributed by atoms with Gasteiger partial charge >= 0.3 is 0 Å². The molecule has 1 aromatic heterocycles. The lowest BCUT2D eigenvalue weighted by Crippen LogP contribution is -2.36. The predicted molar refractivity (Wildman–Crippen MR) is 133 cm³/mol. The van der Waals surface area contributed by atoms with Crippen LogP contribution in [0.2, 0.25) is 0 Å². The minimum absolute atomic E-state index is 0. The Balaban J connectivity index is 0.00000420. The smallest absolute Gasteiger partial charge is 0.227 e. The van der Waals surface area contributed by atoms with E-state index in [2.05, 4.69) is 32.9 Å². The maximum atomic E-state index is 12.1. The number of carbonyl (C=O) groups excluding carboxylic acids is 1. The molecule has 0 fully saturated rings. The molecule has 1 heterocycles. The van der Waals surface area contributed by atoms with E-state index in [1.54, 1.807) is 11.3 Å². The Morgan fingerprint density at radius 3 is 2.69 bits per heavy atom. The van der Waals surface area contributed by atoms with Gasteiger partial charge in [0, 0.05) is 29.2 Å². The quantitative estimate of drug-likeness (QED) is 0.253. The number of thiazole rings is 1. The van der Waals surface area contributed by atoms with Gasteiger partial charge in [0.2, 0.25) is 5.91 Å². The number of guanidine groups is 1. The number of halogens is 1. The Morgan fingerprint density at radius 2 is 2.03 bits per heavy atom. The summed E-state index contributed by atoms with van der Waals surface area (Å²) in [7, 11) is 0. The summed E-state index contributed by atoms with van der Waals surface area (Å²) in [6.45, 7) is 10.1. The molecule has 0 bridgehead atoms. The van der Waals surface area contributed by atoms with E-state index in [4.69, 9.17) is 0 Å². The zero-order valence-electron chi connectivity index (χ0n) is 17.6. The number of carbonyl (C=O) groups is 1. The molecule has 2 rings (SSSR count). The van der Waals surface area contributed by atoms with Crippen molar-refractivity contribution in [1.82, 2.24) is 15.6 Å². The van der Waals surface area contributed by atoms with Gasteiger partial charge in [-0.3, -0.25) is 4.79 Å². The molecule has 0 spiro atoms. The standard InChI is InChI=1S/C21H31N5OS.HI/c1-5-15(4)20(27)26-17-10-8-9-16(11-17)12-24-21(22-7-3)25-14-19-23-13-18(6-2)28-19;/h8-11,13,15H,5-7,12,14H2,1-4H3,(H,26,27)(H2,22,24,25);1H. The lowest BCUT2D eigenvalue weighted by Gasteiger charge is -2.12. The number of hydrogen-bond acceptors (Lipinski definition) is 4. The zero-order valence-corrected chi connectivity index (χ0v) is 20.8. The van der Waals surface area contributed by atoms with Crippen molar-refractivity contribution >= 4 is 52.9 Å². The first-order valence-corrected chi connectivity index (χ1v) is 10.7. The molecule has 0 saturated carbocycles. The van der Waals surface area contributed by atoms with Gasteiger partial charge < -0.3 is 16.0 Å². The van der Waals surface area contributed by atoms with Crippen LogP contribution in [0, 0.1) is 5.92 Å². The summed E-state index contributed by atoms with van der Waals surface area (Å²) in [4.78, 5) is 22.5.